The molecule has 1 saturated heterocycles. The molecule has 0 atom stereocenters. The molecule has 1 aliphatic heterocycles. The van der Waals surface area contributed by atoms with E-state index in [0.29, 0.717) is 0 Å². The van der Waals surface area contributed by atoms with Crippen molar-refractivity contribution < 1.29 is 0 Å². The number of nitrogens with zero attached hydrogens (tertiary/aromatic N) is 2. The summed E-state index contributed by atoms with van der Waals surface area (Å²) in [6.07, 6.45) is 9.12. The van der Waals surface area contributed by atoms with Crippen LogP contribution in [-0.2, 0) is 0 Å². The lowest BCUT2D eigenvalue weighted by Crippen LogP contribution is -2.45. The monoisotopic (exact) mass is 234 g/mol. The Labute approximate surface area is 106 Å². The van der Waals surface area contributed by atoms with Crippen LogP contribution in [0, 0.1) is 22.7 Å². The van der Waals surface area contributed by atoms with Crippen molar-refractivity contribution in [2.45, 2.75) is 64.8 Å². The molecule has 2 heteroatoms. The average Bonchev–Trinajstić information content (AvgIpc) is 2.40. The maximum atomic E-state index is 9.14. The van der Waals surface area contributed by atoms with Gasteiger partial charge in [-0.15, -0.1) is 0 Å². The van der Waals surface area contributed by atoms with Crippen LogP contribution in [0.1, 0.15) is 58.8 Å². The van der Waals surface area contributed by atoms with Crippen molar-refractivity contribution in [2.24, 2.45) is 11.3 Å². The van der Waals surface area contributed by atoms with Crippen LogP contribution in [0.4, 0.5) is 0 Å². The number of hydrogen-bond acceptors (Lipinski definition) is 2. The van der Waals surface area contributed by atoms with Gasteiger partial charge in [0.1, 0.15) is 0 Å². The van der Waals surface area contributed by atoms with Crippen LogP contribution >= 0.6 is 0 Å². The minimum atomic E-state index is -0.0445. The Morgan fingerprint density at radius 2 is 1.76 bits per heavy atom. The third-order valence-electron chi connectivity index (χ3n) is 5.08. The molecule has 0 N–H and O–H groups in total. The largest absolute Gasteiger partial charge is 0.300 e. The highest BCUT2D eigenvalue weighted by molar-refractivity contribution is 4.99. The number of hydrogen-bond donors (Lipinski definition) is 0. The summed E-state index contributed by atoms with van der Waals surface area (Å²) in [5, 5.41) is 9.14. The molecule has 1 aliphatic carbocycles. The van der Waals surface area contributed by atoms with Crippen LogP contribution in [0.15, 0.2) is 0 Å². The summed E-state index contributed by atoms with van der Waals surface area (Å²) >= 11 is 0. The molecule has 0 amide bonds. The zero-order valence-electron chi connectivity index (χ0n) is 11.4. The number of piperidine rings is 1. The molecule has 0 radical (unpaired) electrons. The summed E-state index contributed by atoms with van der Waals surface area (Å²) < 4.78 is 0. The first-order valence-electron chi connectivity index (χ1n) is 7.32. The lowest BCUT2D eigenvalue weighted by molar-refractivity contribution is 0.0799. The highest BCUT2D eigenvalue weighted by Gasteiger charge is 2.33. The summed E-state index contributed by atoms with van der Waals surface area (Å²) in [6.45, 7) is 6.74. The molecule has 0 spiro atoms. The predicted octanol–water partition coefficient (Wildman–Crippen LogP) is 3.58. The number of rotatable bonds is 2. The summed E-state index contributed by atoms with van der Waals surface area (Å²) in [7, 11) is 0. The van der Waals surface area contributed by atoms with E-state index >= 15 is 0 Å². The fourth-order valence-electron chi connectivity index (χ4n) is 3.41. The fourth-order valence-corrected chi connectivity index (χ4v) is 3.41. The Morgan fingerprint density at radius 1 is 1.18 bits per heavy atom. The van der Waals surface area contributed by atoms with E-state index in [1.807, 2.05) is 0 Å². The Morgan fingerprint density at radius 3 is 2.24 bits per heavy atom. The van der Waals surface area contributed by atoms with Gasteiger partial charge in [-0.1, -0.05) is 13.3 Å². The summed E-state index contributed by atoms with van der Waals surface area (Å²) in [4.78, 5) is 2.66. The standard InChI is InChI=1S/C15H26N2/c1-3-13-4-6-14(7-5-13)17-10-8-15(2,12-16)9-11-17/h13-14H,3-11H2,1-2H3. The van der Waals surface area contributed by atoms with Crippen molar-refractivity contribution in [3.8, 4) is 6.07 Å². The first kappa shape index (κ1) is 12.9. The highest BCUT2D eigenvalue weighted by atomic mass is 15.2. The lowest BCUT2D eigenvalue weighted by atomic mass is 9.79. The summed E-state index contributed by atoms with van der Waals surface area (Å²) in [5.41, 5.74) is -0.0445. The first-order chi connectivity index (χ1) is 8.17. The topological polar surface area (TPSA) is 27.0 Å². The predicted molar refractivity (Wildman–Crippen MR) is 70.6 cm³/mol. The van der Waals surface area contributed by atoms with Crippen LogP contribution in [0.5, 0.6) is 0 Å². The molecule has 17 heavy (non-hydrogen) atoms. The smallest absolute Gasteiger partial charge is 0.0687 e. The second-order valence-electron chi connectivity index (χ2n) is 6.29. The molecule has 1 saturated carbocycles. The van der Waals surface area contributed by atoms with Gasteiger partial charge in [-0.2, -0.15) is 5.26 Å². The van der Waals surface area contributed by atoms with Gasteiger partial charge in [-0.25, -0.2) is 0 Å². The Bertz CT molecular complexity index is 276. The van der Waals surface area contributed by atoms with Crippen molar-refractivity contribution in [3.05, 3.63) is 0 Å². The van der Waals surface area contributed by atoms with E-state index in [4.69, 9.17) is 5.26 Å². The lowest BCUT2D eigenvalue weighted by Gasteiger charge is -2.42. The molecular formula is C15H26N2. The minimum Gasteiger partial charge on any atom is -0.300 e. The molecule has 0 aromatic heterocycles. The zero-order chi connectivity index (χ0) is 12.3. The zero-order valence-corrected chi connectivity index (χ0v) is 11.4. The molecule has 2 fully saturated rings. The molecule has 0 aromatic rings. The average molecular weight is 234 g/mol. The Hall–Kier alpha value is -0.550. The molecule has 0 bridgehead atoms. The first-order valence-corrected chi connectivity index (χ1v) is 7.32. The van der Waals surface area contributed by atoms with Crippen LogP contribution in [0.2, 0.25) is 0 Å². The van der Waals surface area contributed by atoms with Crippen LogP contribution in [-0.4, -0.2) is 24.0 Å². The Kier molecular flexibility index (Phi) is 4.09. The highest BCUT2D eigenvalue weighted by Crippen LogP contribution is 2.35. The molecule has 0 unspecified atom stereocenters. The van der Waals surface area contributed by atoms with Crippen LogP contribution < -0.4 is 0 Å². The van der Waals surface area contributed by atoms with Gasteiger partial charge < -0.3 is 4.90 Å². The molecule has 96 valence electrons. The maximum absolute atomic E-state index is 9.14. The third-order valence-corrected chi connectivity index (χ3v) is 5.08. The minimum absolute atomic E-state index is 0.0445. The number of likely N-dealkylation sites (tertiary alicyclic amines) is 1. The van der Waals surface area contributed by atoms with Crippen molar-refractivity contribution in [1.82, 2.24) is 4.90 Å². The second-order valence-corrected chi connectivity index (χ2v) is 6.29. The van der Waals surface area contributed by atoms with E-state index in [0.717, 1.165) is 37.9 Å². The van der Waals surface area contributed by atoms with Crippen LogP contribution in [0.3, 0.4) is 0 Å². The van der Waals surface area contributed by atoms with Gasteiger partial charge in [-0.05, 0) is 64.5 Å². The number of nitriles is 1. The molecule has 1 heterocycles. The summed E-state index contributed by atoms with van der Waals surface area (Å²) in [5.74, 6) is 0.986. The van der Waals surface area contributed by atoms with E-state index in [1.54, 1.807) is 0 Å². The quantitative estimate of drug-likeness (QED) is 0.730. The maximum Gasteiger partial charge on any atom is 0.0687 e. The Balaban J connectivity index is 1.80. The van der Waals surface area contributed by atoms with Crippen molar-refractivity contribution in [3.63, 3.8) is 0 Å². The molecular weight excluding hydrogens is 208 g/mol. The van der Waals surface area contributed by atoms with E-state index in [1.165, 1.54) is 32.1 Å². The van der Waals surface area contributed by atoms with Gasteiger partial charge in [0, 0.05) is 6.04 Å². The van der Waals surface area contributed by atoms with E-state index in [-0.39, 0.29) is 5.41 Å². The molecule has 2 rings (SSSR count). The van der Waals surface area contributed by atoms with Gasteiger partial charge in [0.25, 0.3) is 0 Å². The van der Waals surface area contributed by atoms with Crippen molar-refractivity contribution in [2.75, 3.05) is 13.1 Å². The van der Waals surface area contributed by atoms with Gasteiger partial charge >= 0.3 is 0 Å². The summed E-state index contributed by atoms with van der Waals surface area (Å²) in [6, 6.07) is 3.31. The third kappa shape index (κ3) is 3.01. The van der Waals surface area contributed by atoms with E-state index < -0.39 is 0 Å². The van der Waals surface area contributed by atoms with Gasteiger partial charge in [0.15, 0.2) is 0 Å². The van der Waals surface area contributed by atoms with Crippen molar-refractivity contribution >= 4 is 0 Å². The molecule has 0 aromatic carbocycles. The van der Waals surface area contributed by atoms with E-state index in [2.05, 4.69) is 24.8 Å². The molecule has 2 nitrogen and oxygen atoms in total. The van der Waals surface area contributed by atoms with Gasteiger partial charge in [0.2, 0.25) is 0 Å². The van der Waals surface area contributed by atoms with Gasteiger partial charge in [-0.3, -0.25) is 0 Å². The van der Waals surface area contributed by atoms with Crippen LogP contribution in [0.25, 0.3) is 0 Å². The van der Waals surface area contributed by atoms with Crippen molar-refractivity contribution in [1.29, 1.82) is 5.26 Å². The fraction of sp³-hybridized carbons (Fsp3) is 0.933. The van der Waals surface area contributed by atoms with E-state index in [9.17, 15) is 0 Å². The van der Waals surface area contributed by atoms with Gasteiger partial charge in [0.05, 0.1) is 11.5 Å². The SMILES string of the molecule is CCC1CCC(N2CCC(C)(C#N)CC2)CC1. The normalized spacial score (nSPS) is 34.2. The second kappa shape index (κ2) is 5.40. The molecule has 2 aliphatic rings.